The van der Waals surface area contributed by atoms with Gasteiger partial charge in [0, 0.05) is 12.6 Å². The van der Waals surface area contributed by atoms with Gasteiger partial charge in [0.15, 0.2) is 5.76 Å². The molecule has 2 rings (SSSR count). The Morgan fingerprint density at radius 1 is 1.81 bits per heavy atom. The minimum Gasteiger partial charge on any atom is -0.359 e. The van der Waals surface area contributed by atoms with Crippen molar-refractivity contribution in [3.63, 3.8) is 0 Å². The van der Waals surface area contributed by atoms with E-state index in [9.17, 15) is 4.79 Å². The zero-order chi connectivity index (χ0) is 11.5. The van der Waals surface area contributed by atoms with Gasteiger partial charge in [0.25, 0.3) is 0 Å². The first-order valence-electron chi connectivity index (χ1n) is 5.32. The molecule has 0 radical (unpaired) electrons. The molecular weight excluding hydrogens is 206 g/mol. The Labute approximate surface area is 93.6 Å². The average molecular weight is 219 g/mol. The van der Waals surface area contributed by atoms with Gasteiger partial charge in [0.05, 0.1) is 17.8 Å². The molecule has 0 bridgehead atoms. The summed E-state index contributed by atoms with van der Waals surface area (Å²) >= 11 is 0. The fourth-order valence-electron chi connectivity index (χ4n) is 2.07. The van der Waals surface area contributed by atoms with Gasteiger partial charge in [-0.05, 0) is 19.8 Å². The Bertz CT molecular complexity index is 433. The molecule has 5 heteroatoms. The molecule has 1 atom stereocenters. The molecule has 1 fully saturated rings. The van der Waals surface area contributed by atoms with Crippen LogP contribution in [0.15, 0.2) is 10.6 Å². The summed E-state index contributed by atoms with van der Waals surface area (Å²) in [4.78, 5) is 13.4. The molecule has 0 N–H and O–H groups in total. The SMILES string of the molecule is Cc1cc(C2CCCN2C(=O)CC#N)on1. The Morgan fingerprint density at radius 2 is 2.62 bits per heavy atom. The molecule has 0 saturated carbocycles. The van der Waals surface area contributed by atoms with Crippen LogP contribution in [0.5, 0.6) is 0 Å². The van der Waals surface area contributed by atoms with Crippen molar-refractivity contribution in [3.05, 3.63) is 17.5 Å². The molecule has 1 unspecified atom stereocenters. The molecule has 0 aliphatic carbocycles. The third-order valence-corrected chi connectivity index (χ3v) is 2.78. The molecule has 0 aromatic carbocycles. The fourth-order valence-corrected chi connectivity index (χ4v) is 2.07. The van der Waals surface area contributed by atoms with Crippen LogP contribution in [0, 0.1) is 18.3 Å². The number of likely N-dealkylation sites (tertiary alicyclic amines) is 1. The van der Waals surface area contributed by atoms with Crippen molar-refractivity contribution < 1.29 is 9.32 Å². The van der Waals surface area contributed by atoms with Crippen LogP contribution in [-0.2, 0) is 4.79 Å². The van der Waals surface area contributed by atoms with E-state index in [0.29, 0.717) is 6.54 Å². The minimum absolute atomic E-state index is 0.0398. The number of rotatable bonds is 2. The lowest BCUT2D eigenvalue weighted by atomic mass is 10.1. The van der Waals surface area contributed by atoms with Crippen LogP contribution in [0.2, 0.25) is 0 Å². The maximum atomic E-state index is 11.7. The maximum absolute atomic E-state index is 11.7. The Hall–Kier alpha value is -1.83. The molecule has 1 aliphatic rings. The van der Waals surface area contributed by atoms with E-state index in [2.05, 4.69) is 5.16 Å². The Morgan fingerprint density at radius 3 is 3.25 bits per heavy atom. The lowest BCUT2D eigenvalue weighted by molar-refractivity contribution is -0.131. The van der Waals surface area contributed by atoms with Crippen molar-refractivity contribution in [2.24, 2.45) is 0 Å². The van der Waals surface area contributed by atoms with E-state index in [1.165, 1.54) is 0 Å². The summed E-state index contributed by atoms with van der Waals surface area (Å²) < 4.78 is 5.18. The first-order valence-corrected chi connectivity index (χ1v) is 5.32. The van der Waals surface area contributed by atoms with Crippen LogP contribution in [0.3, 0.4) is 0 Å². The first kappa shape index (κ1) is 10.7. The zero-order valence-corrected chi connectivity index (χ0v) is 9.14. The first-order chi connectivity index (χ1) is 7.72. The predicted molar refractivity (Wildman–Crippen MR) is 55.2 cm³/mol. The molecule has 2 heterocycles. The normalized spacial score (nSPS) is 19.8. The second-order valence-corrected chi connectivity index (χ2v) is 3.95. The lowest BCUT2D eigenvalue weighted by Gasteiger charge is -2.21. The maximum Gasteiger partial charge on any atom is 0.237 e. The molecule has 1 aliphatic heterocycles. The van der Waals surface area contributed by atoms with Crippen molar-refractivity contribution in [3.8, 4) is 6.07 Å². The molecule has 1 aromatic heterocycles. The van der Waals surface area contributed by atoms with Crippen molar-refractivity contribution in [1.29, 1.82) is 5.26 Å². The number of amides is 1. The molecule has 1 amide bonds. The second kappa shape index (κ2) is 4.35. The van der Waals surface area contributed by atoms with Gasteiger partial charge in [-0.2, -0.15) is 5.26 Å². The number of carbonyl (C=O) groups excluding carboxylic acids is 1. The summed E-state index contributed by atoms with van der Waals surface area (Å²) in [5.41, 5.74) is 0.814. The van der Waals surface area contributed by atoms with Gasteiger partial charge in [-0.3, -0.25) is 4.79 Å². The second-order valence-electron chi connectivity index (χ2n) is 3.95. The molecule has 5 nitrogen and oxygen atoms in total. The summed E-state index contributed by atoms with van der Waals surface area (Å²) in [6, 6.07) is 3.69. The smallest absolute Gasteiger partial charge is 0.237 e. The molecule has 1 aromatic rings. The third-order valence-electron chi connectivity index (χ3n) is 2.78. The van der Waals surface area contributed by atoms with Gasteiger partial charge in [-0.1, -0.05) is 5.16 Å². The highest BCUT2D eigenvalue weighted by Crippen LogP contribution is 2.32. The molecule has 84 valence electrons. The van der Waals surface area contributed by atoms with Gasteiger partial charge >= 0.3 is 0 Å². The monoisotopic (exact) mass is 219 g/mol. The van der Waals surface area contributed by atoms with Crippen molar-refractivity contribution >= 4 is 5.91 Å². The van der Waals surface area contributed by atoms with E-state index < -0.39 is 0 Å². The van der Waals surface area contributed by atoms with E-state index in [0.717, 1.165) is 24.3 Å². The third kappa shape index (κ3) is 1.91. The van der Waals surface area contributed by atoms with Crippen LogP contribution in [-0.4, -0.2) is 22.5 Å². The number of carbonyl (C=O) groups is 1. The number of hydrogen-bond acceptors (Lipinski definition) is 4. The number of aryl methyl sites for hydroxylation is 1. The van der Waals surface area contributed by atoms with Gasteiger partial charge in [-0.15, -0.1) is 0 Å². The molecular formula is C11H13N3O2. The summed E-state index contributed by atoms with van der Waals surface area (Å²) in [7, 11) is 0. The highest BCUT2D eigenvalue weighted by atomic mass is 16.5. The largest absolute Gasteiger partial charge is 0.359 e. The minimum atomic E-state index is -0.126. The van der Waals surface area contributed by atoms with E-state index in [4.69, 9.17) is 9.78 Å². The van der Waals surface area contributed by atoms with Gasteiger partial charge in [0.1, 0.15) is 6.42 Å². The van der Waals surface area contributed by atoms with Crippen LogP contribution in [0.4, 0.5) is 0 Å². The van der Waals surface area contributed by atoms with E-state index in [1.54, 1.807) is 4.90 Å². The fraction of sp³-hybridized carbons (Fsp3) is 0.545. The van der Waals surface area contributed by atoms with Crippen molar-refractivity contribution in [2.75, 3.05) is 6.54 Å². The molecule has 1 saturated heterocycles. The van der Waals surface area contributed by atoms with E-state index >= 15 is 0 Å². The average Bonchev–Trinajstić information content (AvgIpc) is 2.85. The van der Waals surface area contributed by atoms with Gasteiger partial charge < -0.3 is 9.42 Å². The summed E-state index contributed by atoms with van der Waals surface area (Å²) in [6.45, 7) is 2.55. The number of nitriles is 1. The van der Waals surface area contributed by atoms with Gasteiger partial charge in [-0.25, -0.2) is 0 Å². The molecule has 0 spiro atoms. The predicted octanol–water partition coefficient (Wildman–Crippen LogP) is 1.56. The number of aromatic nitrogens is 1. The number of hydrogen-bond donors (Lipinski definition) is 0. The number of nitrogens with zero attached hydrogens (tertiary/aromatic N) is 3. The van der Waals surface area contributed by atoms with Crippen LogP contribution < -0.4 is 0 Å². The quantitative estimate of drug-likeness (QED) is 0.756. The Balaban J connectivity index is 2.15. The highest BCUT2D eigenvalue weighted by Gasteiger charge is 2.32. The van der Waals surface area contributed by atoms with Gasteiger partial charge in [0.2, 0.25) is 5.91 Å². The van der Waals surface area contributed by atoms with Crippen LogP contribution in [0.25, 0.3) is 0 Å². The standard InChI is InChI=1S/C11H13N3O2/c1-8-7-10(16-13-8)9-3-2-6-14(9)11(15)4-5-12/h7,9H,2-4,6H2,1H3. The Kier molecular flexibility index (Phi) is 2.91. The van der Waals surface area contributed by atoms with E-state index in [1.807, 2.05) is 19.1 Å². The lowest BCUT2D eigenvalue weighted by Crippen LogP contribution is -2.29. The topological polar surface area (TPSA) is 70.1 Å². The highest BCUT2D eigenvalue weighted by molar-refractivity contribution is 5.78. The zero-order valence-electron chi connectivity index (χ0n) is 9.14. The summed E-state index contributed by atoms with van der Waals surface area (Å²) in [6.07, 6.45) is 1.76. The van der Waals surface area contributed by atoms with Crippen LogP contribution >= 0.6 is 0 Å². The summed E-state index contributed by atoms with van der Waals surface area (Å²) in [5.74, 6) is 0.598. The molecule has 16 heavy (non-hydrogen) atoms. The van der Waals surface area contributed by atoms with Crippen molar-refractivity contribution in [1.82, 2.24) is 10.1 Å². The van der Waals surface area contributed by atoms with Crippen LogP contribution in [0.1, 0.15) is 36.8 Å². The van der Waals surface area contributed by atoms with Crippen molar-refractivity contribution in [2.45, 2.75) is 32.2 Å². The van der Waals surface area contributed by atoms with E-state index in [-0.39, 0.29) is 18.4 Å². The summed E-state index contributed by atoms with van der Waals surface area (Å²) in [5, 5.41) is 12.3.